The van der Waals surface area contributed by atoms with Crippen molar-refractivity contribution >= 4 is 12.0 Å². The fourth-order valence-corrected chi connectivity index (χ4v) is 1.16. The Hall–Kier alpha value is -1.73. The second kappa shape index (κ2) is 4.64. The van der Waals surface area contributed by atoms with Crippen molar-refractivity contribution in [2.24, 2.45) is 0 Å². The number of carboxylic acid groups (broad SMARTS) is 1. The summed E-state index contributed by atoms with van der Waals surface area (Å²) < 4.78 is 41.6. The maximum absolute atomic E-state index is 12.3. The number of halogens is 3. The lowest BCUT2D eigenvalue weighted by atomic mass is 10.3. The van der Waals surface area contributed by atoms with E-state index in [9.17, 15) is 18.0 Å². The van der Waals surface area contributed by atoms with Crippen molar-refractivity contribution < 1.29 is 27.5 Å². The molecular formula is C9H11F3N2O3. The van der Waals surface area contributed by atoms with E-state index < -0.39 is 30.4 Å². The fourth-order valence-electron chi connectivity index (χ4n) is 1.16. The number of hydrogen-bond donors (Lipinski definition) is 1. The van der Waals surface area contributed by atoms with Gasteiger partial charge in [0.25, 0.3) is 6.01 Å². The molecule has 1 N–H and O–H groups in total. The third-order valence-electron chi connectivity index (χ3n) is 1.93. The minimum atomic E-state index is -4.41. The van der Waals surface area contributed by atoms with E-state index in [0.29, 0.717) is 0 Å². The standard InChI is InChI=1S/C9H11F3N2O3/c1-5(2)14(4-9(10,11)12)8-13-6(3-17-8)7(15)16/h3,5H,4H2,1-2H3,(H,15,16). The van der Waals surface area contributed by atoms with Gasteiger partial charge in [-0.15, -0.1) is 0 Å². The minimum absolute atomic E-state index is 0.352. The highest BCUT2D eigenvalue weighted by atomic mass is 19.4. The van der Waals surface area contributed by atoms with Gasteiger partial charge in [-0.25, -0.2) is 4.79 Å². The molecule has 1 heterocycles. The van der Waals surface area contributed by atoms with Gasteiger partial charge in [0.2, 0.25) is 0 Å². The zero-order valence-electron chi connectivity index (χ0n) is 9.15. The molecule has 0 bridgehead atoms. The molecule has 0 aliphatic rings. The summed E-state index contributed by atoms with van der Waals surface area (Å²) in [7, 11) is 0. The van der Waals surface area contributed by atoms with Crippen LogP contribution in [0.1, 0.15) is 24.3 Å². The van der Waals surface area contributed by atoms with Gasteiger partial charge in [-0.05, 0) is 13.8 Å². The normalized spacial score (nSPS) is 11.9. The first-order chi connectivity index (χ1) is 7.70. The average molecular weight is 252 g/mol. The summed E-state index contributed by atoms with van der Waals surface area (Å²) in [5.41, 5.74) is -0.423. The van der Waals surface area contributed by atoms with Crippen LogP contribution in [0.25, 0.3) is 0 Å². The van der Waals surface area contributed by atoms with Crippen LogP contribution in [0.15, 0.2) is 10.7 Å². The number of carbonyl (C=O) groups is 1. The Morgan fingerprint density at radius 1 is 1.59 bits per heavy atom. The largest absolute Gasteiger partial charge is 0.476 e. The first-order valence-electron chi connectivity index (χ1n) is 4.73. The minimum Gasteiger partial charge on any atom is -0.476 e. The summed E-state index contributed by atoms with van der Waals surface area (Å²) in [5, 5.41) is 8.59. The predicted molar refractivity (Wildman–Crippen MR) is 52.0 cm³/mol. The molecule has 0 aromatic carbocycles. The maximum Gasteiger partial charge on any atom is 0.406 e. The number of carboxylic acids is 1. The van der Waals surface area contributed by atoms with E-state index in [0.717, 1.165) is 11.2 Å². The van der Waals surface area contributed by atoms with Gasteiger partial charge in [0.15, 0.2) is 5.69 Å². The summed E-state index contributed by atoms with van der Waals surface area (Å²) in [4.78, 5) is 14.8. The van der Waals surface area contributed by atoms with Gasteiger partial charge in [0, 0.05) is 6.04 Å². The third kappa shape index (κ3) is 3.65. The molecule has 0 aliphatic heterocycles. The Morgan fingerprint density at radius 2 is 2.18 bits per heavy atom. The van der Waals surface area contributed by atoms with E-state index >= 15 is 0 Å². The average Bonchev–Trinajstić information content (AvgIpc) is 2.60. The molecule has 96 valence electrons. The van der Waals surface area contributed by atoms with E-state index in [-0.39, 0.29) is 6.01 Å². The molecular weight excluding hydrogens is 241 g/mol. The van der Waals surface area contributed by atoms with Gasteiger partial charge in [0.05, 0.1) is 0 Å². The Morgan fingerprint density at radius 3 is 2.53 bits per heavy atom. The van der Waals surface area contributed by atoms with Crippen LogP contribution in [0.5, 0.6) is 0 Å². The quantitative estimate of drug-likeness (QED) is 0.889. The molecule has 0 atom stereocenters. The first kappa shape index (κ1) is 13.3. The van der Waals surface area contributed by atoms with Crippen molar-refractivity contribution in [2.75, 3.05) is 11.4 Å². The lowest BCUT2D eigenvalue weighted by molar-refractivity contribution is -0.121. The molecule has 1 aromatic rings. The van der Waals surface area contributed by atoms with Crippen LogP contribution in [-0.2, 0) is 0 Å². The molecule has 0 radical (unpaired) electrons. The summed E-state index contributed by atoms with van der Waals surface area (Å²) in [6, 6.07) is -0.869. The summed E-state index contributed by atoms with van der Waals surface area (Å²) in [6.45, 7) is 1.80. The van der Waals surface area contributed by atoms with E-state index in [4.69, 9.17) is 9.52 Å². The van der Waals surface area contributed by atoms with Crippen LogP contribution in [0.3, 0.4) is 0 Å². The van der Waals surface area contributed by atoms with Crippen molar-refractivity contribution in [2.45, 2.75) is 26.1 Å². The molecule has 17 heavy (non-hydrogen) atoms. The van der Waals surface area contributed by atoms with Crippen molar-refractivity contribution in [1.29, 1.82) is 0 Å². The van der Waals surface area contributed by atoms with Crippen LogP contribution in [-0.4, -0.2) is 34.8 Å². The summed E-state index contributed by atoms with van der Waals surface area (Å²) in [6.07, 6.45) is -3.61. The van der Waals surface area contributed by atoms with Gasteiger partial charge >= 0.3 is 12.1 Å². The molecule has 0 fully saturated rings. The highest BCUT2D eigenvalue weighted by Crippen LogP contribution is 2.23. The number of rotatable bonds is 4. The van der Waals surface area contributed by atoms with Crippen LogP contribution >= 0.6 is 0 Å². The number of alkyl halides is 3. The number of oxazole rings is 1. The lowest BCUT2D eigenvalue weighted by Gasteiger charge is -2.25. The fraction of sp³-hybridized carbons (Fsp3) is 0.556. The number of aromatic nitrogens is 1. The number of nitrogens with zero attached hydrogens (tertiary/aromatic N) is 2. The molecule has 8 heteroatoms. The maximum atomic E-state index is 12.3. The van der Waals surface area contributed by atoms with Gasteiger partial charge in [-0.3, -0.25) is 0 Å². The number of anilines is 1. The monoisotopic (exact) mass is 252 g/mol. The van der Waals surface area contributed by atoms with Crippen molar-refractivity contribution in [3.8, 4) is 0 Å². The second-order valence-corrected chi connectivity index (χ2v) is 3.66. The van der Waals surface area contributed by atoms with Gasteiger partial charge in [-0.1, -0.05) is 0 Å². The first-order valence-corrected chi connectivity index (χ1v) is 4.73. The highest BCUT2D eigenvalue weighted by molar-refractivity contribution is 5.85. The van der Waals surface area contributed by atoms with E-state index in [2.05, 4.69) is 4.98 Å². The molecule has 0 saturated heterocycles. The lowest BCUT2D eigenvalue weighted by Crippen LogP contribution is -2.39. The van der Waals surface area contributed by atoms with Crippen molar-refractivity contribution in [3.63, 3.8) is 0 Å². The Bertz CT molecular complexity index is 400. The molecule has 0 saturated carbocycles. The summed E-state index contributed by atoms with van der Waals surface area (Å²) >= 11 is 0. The molecule has 0 unspecified atom stereocenters. The van der Waals surface area contributed by atoms with E-state index in [1.165, 1.54) is 13.8 Å². The van der Waals surface area contributed by atoms with Gasteiger partial charge in [0.1, 0.15) is 12.8 Å². The number of aromatic carboxylic acids is 1. The molecule has 0 spiro atoms. The van der Waals surface area contributed by atoms with E-state index in [1.807, 2.05) is 0 Å². The van der Waals surface area contributed by atoms with Crippen molar-refractivity contribution in [3.05, 3.63) is 12.0 Å². The predicted octanol–water partition coefficient (Wildman–Crippen LogP) is 2.15. The summed E-state index contributed by atoms with van der Waals surface area (Å²) in [5.74, 6) is -1.35. The molecule has 0 aliphatic carbocycles. The zero-order valence-corrected chi connectivity index (χ0v) is 9.15. The molecule has 5 nitrogen and oxygen atoms in total. The van der Waals surface area contributed by atoms with Crippen LogP contribution < -0.4 is 4.90 Å². The van der Waals surface area contributed by atoms with Crippen LogP contribution in [0.4, 0.5) is 19.2 Å². The van der Waals surface area contributed by atoms with Gasteiger partial charge < -0.3 is 14.4 Å². The van der Waals surface area contributed by atoms with Gasteiger partial charge in [-0.2, -0.15) is 18.2 Å². The highest BCUT2D eigenvalue weighted by Gasteiger charge is 2.34. The molecule has 1 rings (SSSR count). The van der Waals surface area contributed by atoms with Crippen molar-refractivity contribution in [1.82, 2.24) is 4.98 Å². The third-order valence-corrected chi connectivity index (χ3v) is 1.93. The Kier molecular flexibility index (Phi) is 3.64. The number of hydrogen-bond acceptors (Lipinski definition) is 4. The van der Waals surface area contributed by atoms with Crippen LogP contribution in [0.2, 0.25) is 0 Å². The molecule has 1 aromatic heterocycles. The smallest absolute Gasteiger partial charge is 0.406 e. The van der Waals surface area contributed by atoms with E-state index in [1.54, 1.807) is 0 Å². The SMILES string of the molecule is CC(C)N(CC(F)(F)F)c1nc(C(=O)O)co1. The molecule has 0 amide bonds. The Labute approximate surface area is 94.8 Å². The zero-order chi connectivity index (χ0) is 13.2. The topological polar surface area (TPSA) is 66.6 Å². The van der Waals surface area contributed by atoms with Crippen LogP contribution in [0, 0.1) is 0 Å². The Balaban J connectivity index is 2.94. The second-order valence-electron chi connectivity index (χ2n) is 3.66.